The third-order valence-corrected chi connectivity index (χ3v) is 5.95. The summed E-state index contributed by atoms with van der Waals surface area (Å²) >= 11 is 0. The van der Waals surface area contributed by atoms with E-state index in [0.717, 1.165) is 36.8 Å². The van der Waals surface area contributed by atoms with Crippen molar-refractivity contribution in [3.63, 3.8) is 0 Å². The molecule has 150 valence electrons. The van der Waals surface area contributed by atoms with Gasteiger partial charge >= 0.3 is 5.69 Å². The monoisotopic (exact) mass is 382 g/mol. The van der Waals surface area contributed by atoms with Crippen LogP contribution >= 0.6 is 0 Å². The van der Waals surface area contributed by atoms with Crippen molar-refractivity contribution in [1.82, 2.24) is 9.55 Å². The average molecular weight is 383 g/mol. The number of ketones is 1. The molecule has 1 aromatic heterocycles. The van der Waals surface area contributed by atoms with Crippen molar-refractivity contribution < 1.29 is 4.79 Å². The van der Waals surface area contributed by atoms with Gasteiger partial charge in [-0.25, -0.2) is 4.79 Å². The molecule has 2 aromatic rings. The number of carbonyl (C=O) groups excluding carboxylic acids is 1. The van der Waals surface area contributed by atoms with Crippen LogP contribution in [-0.2, 0) is 0 Å². The molecule has 5 nitrogen and oxygen atoms in total. The summed E-state index contributed by atoms with van der Waals surface area (Å²) in [4.78, 5) is 41.6. The predicted octanol–water partition coefficient (Wildman–Crippen LogP) is 4.26. The molecule has 0 saturated heterocycles. The van der Waals surface area contributed by atoms with E-state index in [2.05, 4.69) is 4.98 Å². The van der Waals surface area contributed by atoms with Crippen LogP contribution in [0.25, 0.3) is 0 Å². The van der Waals surface area contributed by atoms with Crippen molar-refractivity contribution in [3.8, 4) is 0 Å². The van der Waals surface area contributed by atoms with Gasteiger partial charge in [-0.05, 0) is 57.6 Å². The van der Waals surface area contributed by atoms with Crippen LogP contribution in [-0.4, -0.2) is 15.3 Å². The normalized spacial score (nSPS) is 15.9. The van der Waals surface area contributed by atoms with Gasteiger partial charge in [0.2, 0.25) is 5.78 Å². The number of hydrogen-bond donors (Lipinski definition) is 1. The molecule has 3 rings (SSSR count). The number of benzene rings is 1. The maximum absolute atomic E-state index is 13.6. The van der Waals surface area contributed by atoms with Gasteiger partial charge in [0.25, 0.3) is 5.56 Å². The van der Waals surface area contributed by atoms with E-state index in [1.807, 2.05) is 52.8 Å². The number of rotatable bonds is 5. The Morgan fingerprint density at radius 1 is 1.04 bits per heavy atom. The molecule has 5 heteroatoms. The fourth-order valence-corrected chi connectivity index (χ4v) is 4.61. The number of aryl methyl sites for hydroxylation is 2. The molecule has 0 spiro atoms. The van der Waals surface area contributed by atoms with Crippen molar-refractivity contribution in [2.24, 2.45) is 5.92 Å². The van der Waals surface area contributed by atoms with Crippen molar-refractivity contribution in [2.45, 2.75) is 72.3 Å². The van der Waals surface area contributed by atoms with Gasteiger partial charge in [-0.15, -0.1) is 0 Å². The van der Waals surface area contributed by atoms with E-state index in [4.69, 9.17) is 0 Å². The summed E-state index contributed by atoms with van der Waals surface area (Å²) in [5, 5.41) is 0. The Bertz CT molecular complexity index is 987. The number of aromatic nitrogens is 2. The molecule has 1 aromatic carbocycles. The van der Waals surface area contributed by atoms with Crippen LogP contribution in [0.2, 0.25) is 0 Å². The summed E-state index contributed by atoms with van der Waals surface area (Å²) in [5.41, 5.74) is 2.21. The Morgan fingerprint density at radius 2 is 1.61 bits per heavy atom. The number of carbonyl (C=O) groups is 1. The van der Waals surface area contributed by atoms with Gasteiger partial charge in [-0.2, -0.15) is 0 Å². The number of aromatic amines is 1. The van der Waals surface area contributed by atoms with Gasteiger partial charge in [-0.1, -0.05) is 43.9 Å². The van der Waals surface area contributed by atoms with Crippen LogP contribution in [0, 0.1) is 19.8 Å². The standard InChI is InChI=1S/C23H30N2O3/c1-13(2)19-20(21(26)18-11-14(3)10-15(4)12-18)25(23(28)24-22(19)27)16(5)17-8-6-7-9-17/h10-13,16-17H,6-9H2,1-5H3,(H,24,27,28). The quantitative estimate of drug-likeness (QED) is 0.786. The highest BCUT2D eigenvalue weighted by molar-refractivity contribution is 6.09. The maximum Gasteiger partial charge on any atom is 0.329 e. The average Bonchev–Trinajstić information content (AvgIpc) is 3.13. The number of nitrogens with one attached hydrogen (secondary N) is 1. The van der Waals surface area contributed by atoms with Crippen LogP contribution in [0.15, 0.2) is 27.8 Å². The molecule has 0 amide bonds. The lowest BCUT2D eigenvalue weighted by molar-refractivity contribution is 0.102. The number of nitrogens with zero attached hydrogens (tertiary/aromatic N) is 1. The zero-order valence-corrected chi connectivity index (χ0v) is 17.5. The summed E-state index contributed by atoms with van der Waals surface area (Å²) in [6, 6.07) is 5.53. The molecule has 1 aliphatic rings. The molecule has 1 unspecified atom stereocenters. The molecular weight excluding hydrogens is 352 g/mol. The lowest BCUT2D eigenvalue weighted by Crippen LogP contribution is -2.40. The van der Waals surface area contributed by atoms with Gasteiger partial charge in [0.05, 0.1) is 0 Å². The second-order valence-corrected chi connectivity index (χ2v) is 8.54. The molecule has 0 radical (unpaired) electrons. The first-order valence-corrected chi connectivity index (χ1v) is 10.2. The Kier molecular flexibility index (Phi) is 5.73. The highest BCUT2D eigenvalue weighted by Gasteiger charge is 2.31. The topological polar surface area (TPSA) is 71.9 Å². The van der Waals surface area contributed by atoms with Crippen molar-refractivity contribution in [2.75, 3.05) is 0 Å². The molecule has 1 saturated carbocycles. The van der Waals surface area contributed by atoms with E-state index in [-0.39, 0.29) is 23.4 Å². The van der Waals surface area contributed by atoms with Crippen molar-refractivity contribution >= 4 is 5.78 Å². The molecule has 1 atom stereocenters. The van der Waals surface area contributed by atoms with Gasteiger partial charge in [0, 0.05) is 17.2 Å². The van der Waals surface area contributed by atoms with Crippen LogP contribution in [0.4, 0.5) is 0 Å². The highest BCUT2D eigenvalue weighted by Crippen LogP contribution is 2.34. The number of H-pyrrole nitrogens is 1. The van der Waals surface area contributed by atoms with E-state index in [9.17, 15) is 14.4 Å². The third kappa shape index (κ3) is 3.75. The summed E-state index contributed by atoms with van der Waals surface area (Å²) in [7, 11) is 0. The molecule has 0 bridgehead atoms. The van der Waals surface area contributed by atoms with Crippen molar-refractivity contribution in [3.05, 3.63) is 67.0 Å². The lowest BCUT2D eigenvalue weighted by atomic mass is 9.93. The largest absolute Gasteiger partial charge is 0.329 e. The second kappa shape index (κ2) is 7.90. The van der Waals surface area contributed by atoms with Crippen molar-refractivity contribution in [1.29, 1.82) is 0 Å². The molecule has 1 N–H and O–H groups in total. The highest BCUT2D eigenvalue weighted by atomic mass is 16.2. The molecule has 1 fully saturated rings. The second-order valence-electron chi connectivity index (χ2n) is 8.54. The molecule has 1 aliphatic carbocycles. The summed E-state index contributed by atoms with van der Waals surface area (Å²) < 4.78 is 1.56. The Balaban J connectivity index is 2.28. The first kappa shape index (κ1) is 20.3. The molecular formula is C23H30N2O3. The SMILES string of the molecule is Cc1cc(C)cc(C(=O)c2c(C(C)C)c(=O)[nH]c(=O)n2C(C)C2CCCC2)c1. The summed E-state index contributed by atoms with van der Waals surface area (Å²) in [5.74, 6) is -0.0748. The number of hydrogen-bond acceptors (Lipinski definition) is 3. The smallest absolute Gasteiger partial charge is 0.287 e. The van der Waals surface area contributed by atoms with Gasteiger partial charge in [0.15, 0.2) is 0 Å². The van der Waals surface area contributed by atoms with E-state index >= 15 is 0 Å². The molecule has 28 heavy (non-hydrogen) atoms. The van der Waals surface area contributed by atoms with Gasteiger partial charge < -0.3 is 0 Å². The van der Waals surface area contributed by atoms with Crippen LogP contribution < -0.4 is 11.2 Å². The summed E-state index contributed by atoms with van der Waals surface area (Å²) in [6.45, 7) is 9.66. The third-order valence-electron chi connectivity index (χ3n) is 5.95. The predicted molar refractivity (Wildman–Crippen MR) is 111 cm³/mol. The van der Waals surface area contributed by atoms with Crippen LogP contribution in [0.5, 0.6) is 0 Å². The fraction of sp³-hybridized carbons (Fsp3) is 0.522. The minimum atomic E-state index is -0.485. The minimum Gasteiger partial charge on any atom is -0.287 e. The lowest BCUT2D eigenvalue weighted by Gasteiger charge is -2.26. The molecule has 1 heterocycles. The minimum absolute atomic E-state index is 0.130. The maximum atomic E-state index is 13.6. The Labute approximate surface area is 165 Å². The fourth-order valence-electron chi connectivity index (χ4n) is 4.61. The van der Waals surface area contributed by atoms with E-state index in [1.54, 1.807) is 4.57 Å². The van der Waals surface area contributed by atoms with Crippen LogP contribution in [0.3, 0.4) is 0 Å². The summed E-state index contributed by atoms with van der Waals surface area (Å²) in [6.07, 6.45) is 4.37. The Morgan fingerprint density at radius 3 is 2.14 bits per heavy atom. The first-order valence-electron chi connectivity index (χ1n) is 10.2. The Hall–Kier alpha value is -2.43. The van der Waals surface area contributed by atoms with Gasteiger partial charge in [-0.3, -0.25) is 19.1 Å². The first-order chi connectivity index (χ1) is 13.2. The van der Waals surface area contributed by atoms with E-state index in [0.29, 0.717) is 17.0 Å². The molecule has 0 aliphatic heterocycles. The van der Waals surface area contributed by atoms with Gasteiger partial charge in [0.1, 0.15) is 5.69 Å². The zero-order valence-electron chi connectivity index (χ0n) is 17.5. The van der Waals surface area contributed by atoms with E-state index in [1.165, 1.54) is 0 Å². The van der Waals surface area contributed by atoms with E-state index < -0.39 is 11.2 Å². The van der Waals surface area contributed by atoms with Crippen LogP contribution in [0.1, 0.15) is 91.2 Å². The zero-order chi connectivity index (χ0) is 20.6.